The van der Waals surface area contributed by atoms with Crippen LogP contribution < -0.4 is 4.72 Å². The highest BCUT2D eigenvalue weighted by Gasteiger charge is 2.23. The van der Waals surface area contributed by atoms with Gasteiger partial charge in [0.05, 0.1) is 4.90 Å². The van der Waals surface area contributed by atoms with Gasteiger partial charge in [-0.25, -0.2) is 13.1 Å². The third-order valence-corrected chi connectivity index (χ3v) is 7.05. The molecule has 0 bridgehead atoms. The zero-order chi connectivity index (χ0) is 17.4. The first-order chi connectivity index (χ1) is 10.6. The van der Waals surface area contributed by atoms with Crippen molar-refractivity contribution in [1.29, 1.82) is 0 Å². The van der Waals surface area contributed by atoms with E-state index >= 15 is 0 Å². The quantitative estimate of drug-likeness (QED) is 0.867. The van der Waals surface area contributed by atoms with Crippen molar-refractivity contribution in [2.75, 3.05) is 6.54 Å². The van der Waals surface area contributed by atoms with E-state index in [1.807, 2.05) is 52.1 Å². The van der Waals surface area contributed by atoms with Crippen molar-refractivity contribution in [2.45, 2.75) is 45.6 Å². The average Bonchev–Trinajstić information content (AvgIpc) is 2.89. The Hall–Kier alpha value is -1.21. The number of sulfonamides is 1. The van der Waals surface area contributed by atoms with E-state index in [1.165, 1.54) is 11.3 Å². The van der Waals surface area contributed by atoms with E-state index in [2.05, 4.69) is 4.72 Å². The lowest BCUT2D eigenvalue weighted by atomic mass is 10.0. The van der Waals surface area contributed by atoms with E-state index in [9.17, 15) is 13.5 Å². The van der Waals surface area contributed by atoms with E-state index in [4.69, 9.17) is 0 Å². The first-order valence-electron chi connectivity index (χ1n) is 7.44. The first-order valence-corrected chi connectivity index (χ1v) is 9.80. The molecule has 1 aromatic heterocycles. The van der Waals surface area contributed by atoms with Gasteiger partial charge in [0.2, 0.25) is 10.0 Å². The van der Waals surface area contributed by atoms with E-state index in [1.54, 1.807) is 0 Å². The molecular weight excluding hydrogens is 330 g/mol. The molecule has 4 nitrogen and oxygen atoms in total. The normalized spacial score (nSPS) is 13.3. The maximum Gasteiger partial charge on any atom is 0.241 e. The maximum atomic E-state index is 12.7. The number of aliphatic hydroxyl groups excluding tert-OH is 1. The Bertz CT molecular complexity index is 796. The van der Waals surface area contributed by atoms with Crippen LogP contribution in [-0.2, 0) is 10.0 Å². The van der Waals surface area contributed by atoms with Crippen molar-refractivity contribution in [3.05, 3.63) is 50.2 Å². The molecule has 0 radical (unpaired) electrons. The van der Waals surface area contributed by atoms with Crippen LogP contribution in [0.5, 0.6) is 0 Å². The summed E-state index contributed by atoms with van der Waals surface area (Å²) < 4.78 is 28.0. The molecule has 126 valence electrons. The molecule has 0 aliphatic heterocycles. The van der Waals surface area contributed by atoms with E-state index in [0.29, 0.717) is 4.90 Å². The Morgan fingerprint density at radius 1 is 1.09 bits per heavy atom. The first kappa shape index (κ1) is 18.1. The van der Waals surface area contributed by atoms with Crippen molar-refractivity contribution in [3.63, 3.8) is 0 Å². The largest absolute Gasteiger partial charge is 0.386 e. The van der Waals surface area contributed by atoms with Crippen LogP contribution in [0.3, 0.4) is 0 Å². The number of aliphatic hydroxyl groups is 1. The SMILES string of the molecule is Cc1ccsc1C(O)CNS(=O)(=O)c1c(C)c(C)cc(C)c1C. The lowest BCUT2D eigenvalue weighted by Crippen LogP contribution is -2.30. The summed E-state index contributed by atoms with van der Waals surface area (Å²) in [6.07, 6.45) is -0.837. The summed E-state index contributed by atoms with van der Waals surface area (Å²) >= 11 is 1.43. The number of hydrogen-bond acceptors (Lipinski definition) is 4. The van der Waals surface area contributed by atoms with Crippen LogP contribution in [0.2, 0.25) is 0 Å². The molecule has 0 saturated heterocycles. The Morgan fingerprint density at radius 3 is 2.13 bits per heavy atom. The number of aryl methyl sites for hydroxylation is 3. The van der Waals surface area contributed by atoms with Gasteiger partial charge < -0.3 is 5.11 Å². The highest BCUT2D eigenvalue weighted by molar-refractivity contribution is 7.89. The Morgan fingerprint density at radius 2 is 1.65 bits per heavy atom. The minimum absolute atomic E-state index is 0.0322. The van der Waals surface area contributed by atoms with Crippen molar-refractivity contribution >= 4 is 21.4 Å². The second-order valence-corrected chi connectivity index (χ2v) is 8.58. The monoisotopic (exact) mass is 353 g/mol. The number of rotatable bonds is 5. The van der Waals surface area contributed by atoms with Crippen molar-refractivity contribution < 1.29 is 13.5 Å². The zero-order valence-corrected chi connectivity index (χ0v) is 15.7. The summed E-state index contributed by atoms with van der Waals surface area (Å²) in [7, 11) is -3.67. The average molecular weight is 354 g/mol. The van der Waals surface area contributed by atoms with Gasteiger partial charge in [0, 0.05) is 11.4 Å². The fourth-order valence-electron chi connectivity index (χ4n) is 2.66. The van der Waals surface area contributed by atoms with E-state index in [-0.39, 0.29) is 6.54 Å². The second kappa shape index (κ2) is 6.73. The van der Waals surface area contributed by atoms with Gasteiger partial charge in [-0.05, 0) is 73.9 Å². The summed E-state index contributed by atoms with van der Waals surface area (Å²) in [5, 5.41) is 12.1. The van der Waals surface area contributed by atoms with Gasteiger partial charge in [-0.15, -0.1) is 11.3 Å². The molecule has 2 rings (SSSR count). The molecule has 1 aromatic carbocycles. The fraction of sp³-hybridized carbons (Fsp3) is 0.412. The molecule has 2 aromatic rings. The maximum absolute atomic E-state index is 12.7. The molecular formula is C17H23NO3S2. The minimum atomic E-state index is -3.67. The molecule has 0 aliphatic carbocycles. The Labute approximate surface area is 142 Å². The summed E-state index contributed by atoms with van der Waals surface area (Å²) in [6.45, 7) is 9.32. The third kappa shape index (κ3) is 3.66. The van der Waals surface area contributed by atoms with E-state index in [0.717, 1.165) is 32.7 Å². The van der Waals surface area contributed by atoms with Gasteiger partial charge in [-0.1, -0.05) is 6.07 Å². The fourth-order valence-corrected chi connectivity index (χ4v) is 5.23. The molecule has 0 saturated carbocycles. The molecule has 1 heterocycles. The predicted octanol–water partition coefficient (Wildman–Crippen LogP) is 3.30. The standard InChI is InChI=1S/C17H23NO3S2/c1-10-6-7-22-16(10)15(19)9-18-23(20,21)17-13(4)11(2)8-12(3)14(17)5/h6-8,15,18-19H,9H2,1-5H3. The van der Waals surface area contributed by atoms with Crippen LogP contribution in [0.15, 0.2) is 22.4 Å². The molecule has 0 aliphatic rings. The summed E-state index contributed by atoms with van der Waals surface area (Å²) in [5.74, 6) is 0. The van der Waals surface area contributed by atoms with Gasteiger partial charge in [-0.3, -0.25) is 0 Å². The Kier molecular flexibility index (Phi) is 5.30. The van der Waals surface area contributed by atoms with Gasteiger partial charge in [0.15, 0.2) is 0 Å². The minimum Gasteiger partial charge on any atom is -0.386 e. The summed E-state index contributed by atoms with van der Waals surface area (Å²) in [6, 6.07) is 3.91. The van der Waals surface area contributed by atoms with Gasteiger partial charge >= 0.3 is 0 Å². The number of thiophene rings is 1. The molecule has 23 heavy (non-hydrogen) atoms. The van der Waals surface area contributed by atoms with Crippen LogP contribution in [0.25, 0.3) is 0 Å². The van der Waals surface area contributed by atoms with Gasteiger partial charge in [-0.2, -0.15) is 0 Å². The molecule has 6 heteroatoms. The highest BCUT2D eigenvalue weighted by Crippen LogP contribution is 2.27. The molecule has 0 fully saturated rings. The molecule has 1 atom stereocenters. The van der Waals surface area contributed by atoms with Gasteiger partial charge in [0.25, 0.3) is 0 Å². The third-order valence-electron chi connectivity index (χ3n) is 4.24. The summed E-state index contributed by atoms with van der Waals surface area (Å²) in [4.78, 5) is 1.12. The number of hydrogen-bond donors (Lipinski definition) is 2. The van der Waals surface area contributed by atoms with Crippen LogP contribution in [0, 0.1) is 34.6 Å². The number of nitrogens with one attached hydrogen (secondary N) is 1. The molecule has 2 N–H and O–H groups in total. The van der Waals surface area contributed by atoms with Crippen LogP contribution in [0.4, 0.5) is 0 Å². The smallest absolute Gasteiger partial charge is 0.241 e. The highest BCUT2D eigenvalue weighted by atomic mass is 32.2. The van der Waals surface area contributed by atoms with Crippen molar-refractivity contribution in [3.8, 4) is 0 Å². The predicted molar refractivity (Wildman–Crippen MR) is 94.6 cm³/mol. The topological polar surface area (TPSA) is 66.4 Å². The summed E-state index contributed by atoms with van der Waals surface area (Å²) in [5.41, 5.74) is 4.37. The molecule has 0 spiro atoms. The second-order valence-electron chi connectivity index (χ2n) is 5.93. The molecule has 1 unspecified atom stereocenters. The van der Waals surface area contributed by atoms with Crippen LogP contribution >= 0.6 is 11.3 Å². The molecule has 0 amide bonds. The lowest BCUT2D eigenvalue weighted by Gasteiger charge is -2.17. The van der Waals surface area contributed by atoms with Crippen LogP contribution in [-0.4, -0.2) is 20.1 Å². The van der Waals surface area contributed by atoms with E-state index < -0.39 is 16.1 Å². The van der Waals surface area contributed by atoms with Crippen molar-refractivity contribution in [2.24, 2.45) is 0 Å². The lowest BCUT2D eigenvalue weighted by molar-refractivity contribution is 0.185. The van der Waals surface area contributed by atoms with Crippen molar-refractivity contribution in [1.82, 2.24) is 4.72 Å². The van der Waals surface area contributed by atoms with Gasteiger partial charge in [0.1, 0.15) is 6.10 Å². The number of benzene rings is 1. The zero-order valence-electron chi connectivity index (χ0n) is 14.1. The Balaban J connectivity index is 2.29. The van der Waals surface area contributed by atoms with Crippen LogP contribution in [0.1, 0.15) is 38.8 Å².